The molecule has 0 aromatic heterocycles. The molecular weight excluding hydrogens is 198 g/mol. The molecule has 0 saturated heterocycles. The number of rotatable bonds is 5. The zero-order valence-corrected chi connectivity index (χ0v) is 10.9. The molecule has 90 valence electrons. The van der Waals surface area contributed by atoms with E-state index in [4.69, 9.17) is 5.11 Å². The molecule has 0 unspecified atom stereocenters. The summed E-state index contributed by atoms with van der Waals surface area (Å²) < 4.78 is 0. The fraction of sp³-hybridized carbons (Fsp3) is 0.571. The summed E-state index contributed by atoms with van der Waals surface area (Å²) in [5.41, 5.74) is 5.44. The summed E-state index contributed by atoms with van der Waals surface area (Å²) in [4.78, 5) is 2.27. The Morgan fingerprint density at radius 1 is 1.12 bits per heavy atom. The minimum atomic E-state index is 0.234. The third kappa shape index (κ3) is 3.32. The van der Waals surface area contributed by atoms with Crippen molar-refractivity contribution in [2.75, 3.05) is 19.7 Å². The molecule has 1 aromatic rings. The van der Waals surface area contributed by atoms with Gasteiger partial charge in [0, 0.05) is 13.1 Å². The van der Waals surface area contributed by atoms with E-state index in [-0.39, 0.29) is 6.61 Å². The van der Waals surface area contributed by atoms with Gasteiger partial charge in [-0.15, -0.1) is 0 Å². The van der Waals surface area contributed by atoms with E-state index in [0.717, 1.165) is 19.6 Å². The van der Waals surface area contributed by atoms with Crippen molar-refractivity contribution in [1.82, 2.24) is 4.90 Å². The monoisotopic (exact) mass is 221 g/mol. The van der Waals surface area contributed by atoms with Crippen LogP contribution in [0.25, 0.3) is 0 Å². The Morgan fingerprint density at radius 3 is 2.12 bits per heavy atom. The van der Waals surface area contributed by atoms with E-state index in [1.54, 1.807) is 0 Å². The van der Waals surface area contributed by atoms with Gasteiger partial charge in [-0.2, -0.15) is 0 Å². The first-order valence-corrected chi connectivity index (χ1v) is 5.98. The highest BCUT2D eigenvalue weighted by Crippen LogP contribution is 2.18. The number of benzene rings is 1. The minimum Gasteiger partial charge on any atom is -0.395 e. The van der Waals surface area contributed by atoms with E-state index in [9.17, 15) is 0 Å². The number of likely N-dealkylation sites (N-methyl/N-ethyl adjacent to an activating group) is 1. The predicted molar refractivity (Wildman–Crippen MR) is 68.7 cm³/mol. The number of hydrogen-bond acceptors (Lipinski definition) is 2. The van der Waals surface area contributed by atoms with Crippen LogP contribution in [0.2, 0.25) is 0 Å². The van der Waals surface area contributed by atoms with Crippen molar-refractivity contribution in [3.63, 3.8) is 0 Å². The van der Waals surface area contributed by atoms with Gasteiger partial charge in [0.2, 0.25) is 0 Å². The second kappa shape index (κ2) is 6.02. The van der Waals surface area contributed by atoms with E-state index in [1.165, 1.54) is 22.3 Å². The van der Waals surface area contributed by atoms with Crippen LogP contribution in [-0.2, 0) is 6.54 Å². The first-order valence-electron chi connectivity index (χ1n) is 5.98. The first-order chi connectivity index (χ1) is 7.58. The molecule has 2 heteroatoms. The second-order valence-corrected chi connectivity index (χ2v) is 4.47. The van der Waals surface area contributed by atoms with Gasteiger partial charge in [-0.05, 0) is 44.0 Å². The molecule has 0 aliphatic carbocycles. The van der Waals surface area contributed by atoms with Gasteiger partial charge in [0.05, 0.1) is 6.61 Å². The van der Waals surface area contributed by atoms with Crippen molar-refractivity contribution in [3.8, 4) is 0 Å². The highest BCUT2D eigenvalue weighted by atomic mass is 16.3. The van der Waals surface area contributed by atoms with E-state index in [1.807, 2.05) is 0 Å². The molecule has 0 spiro atoms. The average molecular weight is 221 g/mol. The topological polar surface area (TPSA) is 23.5 Å². The standard InChI is InChI=1S/C14H23NO/c1-5-15(6-7-16)10-14-12(3)8-11(2)9-13(14)4/h8-9,16H,5-7,10H2,1-4H3. The molecule has 0 aliphatic heterocycles. The van der Waals surface area contributed by atoms with Crippen LogP contribution < -0.4 is 0 Å². The van der Waals surface area contributed by atoms with Gasteiger partial charge in [-0.25, -0.2) is 0 Å². The Bertz CT molecular complexity index is 324. The Labute approximate surface area is 98.9 Å². The molecule has 1 N–H and O–H groups in total. The summed E-state index contributed by atoms with van der Waals surface area (Å²) in [5, 5.41) is 8.99. The normalized spacial score (nSPS) is 11.1. The van der Waals surface area contributed by atoms with Crippen molar-refractivity contribution >= 4 is 0 Å². The molecular formula is C14H23NO. The Hall–Kier alpha value is -0.860. The number of nitrogens with zero attached hydrogens (tertiary/aromatic N) is 1. The lowest BCUT2D eigenvalue weighted by atomic mass is 9.99. The van der Waals surface area contributed by atoms with Crippen LogP contribution in [0.15, 0.2) is 12.1 Å². The number of hydrogen-bond donors (Lipinski definition) is 1. The third-order valence-electron chi connectivity index (χ3n) is 3.09. The lowest BCUT2D eigenvalue weighted by molar-refractivity contribution is 0.196. The Balaban J connectivity index is 2.87. The van der Waals surface area contributed by atoms with E-state index < -0.39 is 0 Å². The summed E-state index contributed by atoms with van der Waals surface area (Å²) in [5.74, 6) is 0. The lowest BCUT2D eigenvalue weighted by Crippen LogP contribution is -2.26. The van der Waals surface area contributed by atoms with Crippen LogP contribution in [0.4, 0.5) is 0 Å². The Morgan fingerprint density at radius 2 is 1.69 bits per heavy atom. The van der Waals surface area contributed by atoms with Gasteiger partial charge in [0.15, 0.2) is 0 Å². The van der Waals surface area contributed by atoms with Gasteiger partial charge in [-0.3, -0.25) is 4.90 Å². The zero-order chi connectivity index (χ0) is 12.1. The molecule has 2 nitrogen and oxygen atoms in total. The number of aliphatic hydroxyl groups is 1. The number of aliphatic hydroxyl groups excluding tert-OH is 1. The van der Waals surface area contributed by atoms with Crippen LogP contribution in [0.1, 0.15) is 29.2 Å². The van der Waals surface area contributed by atoms with Crippen LogP contribution in [0.5, 0.6) is 0 Å². The van der Waals surface area contributed by atoms with Crippen molar-refractivity contribution in [2.45, 2.75) is 34.2 Å². The molecule has 0 aliphatic rings. The van der Waals surface area contributed by atoms with E-state index >= 15 is 0 Å². The fourth-order valence-corrected chi connectivity index (χ4v) is 2.17. The lowest BCUT2D eigenvalue weighted by Gasteiger charge is -2.22. The number of aryl methyl sites for hydroxylation is 3. The molecule has 0 atom stereocenters. The van der Waals surface area contributed by atoms with Crippen LogP contribution in [0.3, 0.4) is 0 Å². The Kier molecular flexibility index (Phi) is 4.97. The predicted octanol–water partition coefficient (Wildman–Crippen LogP) is 2.43. The molecule has 0 bridgehead atoms. The van der Waals surface area contributed by atoms with E-state index in [0.29, 0.717) is 0 Å². The van der Waals surface area contributed by atoms with Crippen LogP contribution >= 0.6 is 0 Å². The third-order valence-corrected chi connectivity index (χ3v) is 3.09. The summed E-state index contributed by atoms with van der Waals surface area (Å²) >= 11 is 0. The largest absolute Gasteiger partial charge is 0.395 e. The average Bonchev–Trinajstić information content (AvgIpc) is 2.21. The molecule has 0 heterocycles. The minimum absolute atomic E-state index is 0.234. The fourth-order valence-electron chi connectivity index (χ4n) is 2.17. The SMILES string of the molecule is CCN(CCO)Cc1c(C)cc(C)cc1C. The van der Waals surface area contributed by atoms with Gasteiger partial charge in [0.25, 0.3) is 0 Å². The van der Waals surface area contributed by atoms with Crippen LogP contribution in [0, 0.1) is 20.8 Å². The van der Waals surface area contributed by atoms with Gasteiger partial charge in [-0.1, -0.05) is 24.6 Å². The molecule has 0 radical (unpaired) electrons. The highest BCUT2D eigenvalue weighted by molar-refractivity contribution is 5.37. The van der Waals surface area contributed by atoms with Crippen molar-refractivity contribution in [1.29, 1.82) is 0 Å². The van der Waals surface area contributed by atoms with Gasteiger partial charge in [0.1, 0.15) is 0 Å². The highest BCUT2D eigenvalue weighted by Gasteiger charge is 2.08. The van der Waals surface area contributed by atoms with Gasteiger partial charge >= 0.3 is 0 Å². The molecule has 1 aromatic carbocycles. The first kappa shape index (κ1) is 13.2. The van der Waals surface area contributed by atoms with Crippen molar-refractivity contribution < 1.29 is 5.11 Å². The molecule has 0 fully saturated rings. The summed E-state index contributed by atoms with van der Waals surface area (Å²) in [6, 6.07) is 4.46. The summed E-state index contributed by atoms with van der Waals surface area (Å²) in [6.45, 7) is 11.5. The quantitative estimate of drug-likeness (QED) is 0.825. The maximum Gasteiger partial charge on any atom is 0.0558 e. The van der Waals surface area contributed by atoms with Crippen molar-refractivity contribution in [3.05, 3.63) is 34.4 Å². The van der Waals surface area contributed by atoms with Gasteiger partial charge < -0.3 is 5.11 Å². The van der Waals surface area contributed by atoms with Crippen molar-refractivity contribution in [2.24, 2.45) is 0 Å². The molecule has 0 amide bonds. The van der Waals surface area contributed by atoms with E-state index in [2.05, 4.69) is 44.7 Å². The van der Waals surface area contributed by atoms with Crippen LogP contribution in [-0.4, -0.2) is 29.7 Å². The second-order valence-electron chi connectivity index (χ2n) is 4.47. The maximum absolute atomic E-state index is 8.99. The smallest absolute Gasteiger partial charge is 0.0558 e. The molecule has 16 heavy (non-hydrogen) atoms. The molecule has 1 rings (SSSR count). The maximum atomic E-state index is 8.99. The zero-order valence-electron chi connectivity index (χ0n) is 10.9. The summed E-state index contributed by atoms with van der Waals surface area (Å²) in [6.07, 6.45) is 0. The summed E-state index contributed by atoms with van der Waals surface area (Å²) in [7, 11) is 0. The molecule has 0 saturated carbocycles.